The lowest BCUT2D eigenvalue weighted by molar-refractivity contribution is 0.0489. The zero-order chi connectivity index (χ0) is 10.2. The van der Waals surface area contributed by atoms with Gasteiger partial charge >= 0.3 is 0 Å². The molecule has 0 N–H and O–H groups in total. The fourth-order valence-electron chi connectivity index (χ4n) is 3.20. The molecule has 0 heterocycles. The van der Waals surface area contributed by atoms with Gasteiger partial charge in [0.15, 0.2) is 0 Å². The molecule has 1 unspecified atom stereocenters. The van der Waals surface area contributed by atoms with E-state index in [1.165, 1.54) is 25.7 Å². The molecular formula is C12H20OSi. The maximum absolute atomic E-state index is 6.30. The maximum atomic E-state index is 6.30. The van der Waals surface area contributed by atoms with Gasteiger partial charge in [0.05, 0.1) is 5.60 Å². The third-order valence-electron chi connectivity index (χ3n) is 4.25. The summed E-state index contributed by atoms with van der Waals surface area (Å²) in [6, 6.07) is 0. The SMILES string of the molecule is C=C[SiH](C=C)OC12CCC(CC1)C2C. The molecule has 2 rings (SSSR count). The largest absolute Gasteiger partial charge is 0.406 e. The first kappa shape index (κ1) is 10.2. The van der Waals surface area contributed by atoms with Crippen LogP contribution >= 0.6 is 0 Å². The van der Waals surface area contributed by atoms with Gasteiger partial charge in [0, 0.05) is 0 Å². The first-order valence-electron chi connectivity index (χ1n) is 5.65. The summed E-state index contributed by atoms with van der Waals surface area (Å²) in [5.41, 5.74) is 4.18. The molecule has 2 fully saturated rings. The van der Waals surface area contributed by atoms with Gasteiger partial charge in [0.2, 0.25) is 9.04 Å². The Morgan fingerprint density at radius 3 is 2.21 bits per heavy atom. The van der Waals surface area contributed by atoms with Gasteiger partial charge < -0.3 is 4.43 Å². The normalized spacial score (nSPS) is 40.4. The molecule has 1 nitrogen and oxygen atoms in total. The molecule has 0 radical (unpaired) electrons. The molecule has 0 amide bonds. The van der Waals surface area contributed by atoms with Crippen LogP contribution in [-0.4, -0.2) is 14.6 Å². The molecule has 2 aliphatic rings. The monoisotopic (exact) mass is 208 g/mol. The molecule has 0 spiro atoms. The van der Waals surface area contributed by atoms with Gasteiger partial charge in [-0.1, -0.05) is 18.3 Å². The van der Waals surface area contributed by atoms with Crippen molar-refractivity contribution in [2.75, 3.05) is 0 Å². The van der Waals surface area contributed by atoms with E-state index < -0.39 is 9.04 Å². The fourth-order valence-corrected chi connectivity index (χ4v) is 4.58. The molecule has 0 aromatic carbocycles. The Labute approximate surface area is 88.6 Å². The molecule has 2 saturated carbocycles. The van der Waals surface area contributed by atoms with Gasteiger partial charge in [0.25, 0.3) is 0 Å². The molecule has 0 aromatic heterocycles. The molecule has 78 valence electrons. The highest BCUT2D eigenvalue weighted by Gasteiger charge is 2.52. The Balaban J connectivity index is 2.09. The van der Waals surface area contributed by atoms with Crippen LogP contribution in [-0.2, 0) is 4.43 Å². The van der Waals surface area contributed by atoms with Crippen LogP contribution in [0, 0.1) is 11.8 Å². The molecule has 0 aliphatic heterocycles. The Morgan fingerprint density at radius 1 is 1.29 bits per heavy atom. The van der Waals surface area contributed by atoms with Crippen LogP contribution in [0.15, 0.2) is 24.6 Å². The van der Waals surface area contributed by atoms with E-state index in [4.69, 9.17) is 4.43 Å². The van der Waals surface area contributed by atoms with Crippen LogP contribution in [0.3, 0.4) is 0 Å². The van der Waals surface area contributed by atoms with E-state index in [2.05, 4.69) is 20.1 Å². The van der Waals surface area contributed by atoms with Gasteiger partial charge in [-0.05, 0) is 37.5 Å². The topological polar surface area (TPSA) is 9.23 Å². The Kier molecular flexibility index (Phi) is 2.67. The van der Waals surface area contributed by atoms with Crippen LogP contribution in [0.2, 0.25) is 0 Å². The lowest BCUT2D eigenvalue weighted by Crippen LogP contribution is -2.37. The molecule has 2 aliphatic carbocycles. The first-order chi connectivity index (χ1) is 6.72. The quantitative estimate of drug-likeness (QED) is 0.646. The minimum absolute atomic E-state index is 0.212. The second kappa shape index (κ2) is 3.67. The second-order valence-corrected chi connectivity index (χ2v) is 6.85. The van der Waals surface area contributed by atoms with E-state index in [9.17, 15) is 0 Å². The molecular weight excluding hydrogens is 188 g/mol. The van der Waals surface area contributed by atoms with E-state index in [1.54, 1.807) is 0 Å². The summed E-state index contributed by atoms with van der Waals surface area (Å²) >= 11 is 0. The highest BCUT2D eigenvalue weighted by Crippen LogP contribution is 2.54. The molecule has 2 bridgehead atoms. The van der Waals surface area contributed by atoms with Gasteiger partial charge in [-0.15, -0.1) is 13.2 Å². The number of hydrogen-bond donors (Lipinski definition) is 0. The van der Waals surface area contributed by atoms with Crippen LogP contribution < -0.4 is 0 Å². The third-order valence-corrected chi connectivity index (χ3v) is 5.92. The second-order valence-electron chi connectivity index (χ2n) is 4.74. The smallest absolute Gasteiger partial charge is 0.225 e. The minimum Gasteiger partial charge on any atom is -0.406 e. The summed E-state index contributed by atoms with van der Waals surface area (Å²) in [6.45, 7) is 10.1. The summed E-state index contributed by atoms with van der Waals surface area (Å²) in [4.78, 5) is 0. The maximum Gasteiger partial charge on any atom is 0.225 e. The summed E-state index contributed by atoms with van der Waals surface area (Å²) in [7, 11) is -1.31. The van der Waals surface area contributed by atoms with Crippen molar-refractivity contribution in [3.8, 4) is 0 Å². The third kappa shape index (κ3) is 1.41. The fraction of sp³-hybridized carbons (Fsp3) is 0.667. The van der Waals surface area contributed by atoms with Crippen molar-refractivity contribution in [3.63, 3.8) is 0 Å². The standard InChI is InChI=1S/C12H20OSi/c1-4-14(5-2)13-12-8-6-11(7-9-12)10(12)3/h4-5,10-11,14H,1-2,6-9H2,3H3. The van der Waals surface area contributed by atoms with Crippen molar-refractivity contribution < 1.29 is 4.43 Å². The molecule has 0 saturated heterocycles. The zero-order valence-electron chi connectivity index (χ0n) is 9.04. The van der Waals surface area contributed by atoms with E-state index in [1.807, 2.05) is 11.4 Å². The van der Waals surface area contributed by atoms with Crippen molar-refractivity contribution in [3.05, 3.63) is 24.6 Å². The molecule has 0 aromatic rings. The van der Waals surface area contributed by atoms with Crippen molar-refractivity contribution in [1.29, 1.82) is 0 Å². The van der Waals surface area contributed by atoms with Gasteiger partial charge in [-0.25, -0.2) is 0 Å². The summed E-state index contributed by atoms with van der Waals surface area (Å²) in [5.74, 6) is 1.69. The van der Waals surface area contributed by atoms with Crippen LogP contribution in [0.5, 0.6) is 0 Å². The Hall–Kier alpha value is -0.343. The van der Waals surface area contributed by atoms with Crippen molar-refractivity contribution in [2.24, 2.45) is 11.8 Å². The van der Waals surface area contributed by atoms with Crippen molar-refractivity contribution in [1.82, 2.24) is 0 Å². The molecule has 14 heavy (non-hydrogen) atoms. The molecule has 2 heteroatoms. The highest BCUT2D eigenvalue weighted by atomic mass is 28.3. The summed E-state index contributed by atoms with van der Waals surface area (Å²) < 4.78 is 6.30. The van der Waals surface area contributed by atoms with Crippen LogP contribution in [0.4, 0.5) is 0 Å². The highest BCUT2D eigenvalue weighted by molar-refractivity contribution is 6.62. The van der Waals surface area contributed by atoms with Crippen LogP contribution in [0.25, 0.3) is 0 Å². The van der Waals surface area contributed by atoms with Gasteiger partial charge in [-0.2, -0.15) is 0 Å². The average Bonchev–Trinajstić information content (AvgIpc) is 2.69. The lowest BCUT2D eigenvalue weighted by Gasteiger charge is -2.33. The van der Waals surface area contributed by atoms with E-state index in [0.717, 1.165) is 11.8 Å². The van der Waals surface area contributed by atoms with E-state index >= 15 is 0 Å². The minimum atomic E-state index is -1.31. The predicted octanol–water partition coefficient (Wildman–Crippen LogP) is 2.76. The predicted molar refractivity (Wildman–Crippen MR) is 62.5 cm³/mol. The van der Waals surface area contributed by atoms with Crippen molar-refractivity contribution in [2.45, 2.75) is 38.2 Å². The van der Waals surface area contributed by atoms with Gasteiger partial charge in [-0.3, -0.25) is 0 Å². The van der Waals surface area contributed by atoms with E-state index in [0.29, 0.717) is 0 Å². The number of rotatable bonds is 4. The summed E-state index contributed by atoms with van der Waals surface area (Å²) in [5, 5.41) is 0. The number of fused-ring (bicyclic) bond motifs is 2. The number of hydrogen-bond acceptors (Lipinski definition) is 1. The molecule has 1 atom stereocenters. The van der Waals surface area contributed by atoms with Crippen molar-refractivity contribution >= 4 is 9.04 Å². The van der Waals surface area contributed by atoms with Crippen LogP contribution in [0.1, 0.15) is 32.6 Å². The van der Waals surface area contributed by atoms with E-state index in [-0.39, 0.29) is 5.60 Å². The average molecular weight is 208 g/mol. The zero-order valence-corrected chi connectivity index (χ0v) is 10.2. The Bertz CT molecular complexity index is 233. The van der Waals surface area contributed by atoms with Gasteiger partial charge in [0.1, 0.15) is 0 Å². The lowest BCUT2D eigenvalue weighted by atomic mass is 9.95. The first-order valence-corrected chi connectivity index (χ1v) is 7.45. The Morgan fingerprint density at radius 2 is 1.86 bits per heavy atom. The summed E-state index contributed by atoms with van der Waals surface area (Å²) in [6.07, 6.45) is 5.28.